The Morgan fingerprint density at radius 1 is 0.939 bits per heavy atom. The number of hydrogen-bond donors (Lipinski definition) is 0. The van der Waals surface area contributed by atoms with Crippen molar-refractivity contribution in [1.29, 1.82) is 0 Å². The van der Waals surface area contributed by atoms with Gasteiger partial charge in [0, 0.05) is 35.8 Å². The molecular weight excluding hydrogens is 421 g/mol. The summed E-state index contributed by atoms with van der Waals surface area (Å²) >= 11 is 0. The van der Waals surface area contributed by atoms with Gasteiger partial charge in [0.2, 0.25) is 0 Å². The standard InChI is InChI=1S/C27H22FNO4/c28-21-8-3-18(4-9-21)24-15-20-7-12-23(16-26(20)33-27(24)31)32-17-25(30)19-5-10-22(11-6-19)29-13-1-2-14-29/h3-12,15-16H,1-2,13-14,17H2. The van der Waals surface area contributed by atoms with Crippen LogP contribution in [0.5, 0.6) is 5.75 Å². The molecule has 4 aromatic rings. The summed E-state index contributed by atoms with van der Waals surface area (Å²) in [7, 11) is 0. The van der Waals surface area contributed by atoms with Gasteiger partial charge in [0.15, 0.2) is 12.4 Å². The Labute approximate surface area is 190 Å². The lowest BCUT2D eigenvalue weighted by Gasteiger charge is -2.17. The van der Waals surface area contributed by atoms with Crippen LogP contribution >= 0.6 is 0 Å². The van der Waals surface area contributed by atoms with Crippen molar-refractivity contribution in [2.45, 2.75) is 12.8 Å². The van der Waals surface area contributed by atoms with Gasteiger partial charge in [-0.2, -0.15) is 0 Å². The van der Waals surface area contributed by atoms with E-state index in [-0.39, 0.29) is 18.2 Å². The number of ketones is 1. The Morgan fingerprint density at radius 2 is 1.67 bits per heavy atom. The fourth-order valence-electron chi connectivity index (χ4n) is 4.08. The lowest BCUT2D eigenvalue weighted by Crippen LogP contribution is -2.18. The van der Waals surface area contributed by atoms with Gasteiger partial charge >= 0.3 is 5.63 Å². The first-order valence-electron chi connectivity index (χ1n) is 10.9. The van der Waals surface area contributed by atoms with E-state index in [0.29, 0.717) is 33.4 Å². The second-order valence-corrected chi connectivity index (χ2v) is 8.11. The van der Waals surface area contributed by atoms with E-state index in [1.165, 1.54) is 37.1 Å². The monoisotopic (exact) mass is 443 g/mol. The highest BCUT2D eigenvalue weighted by molar-refractivity contribution is 5.97. The van der Waals surface area contributed by atoms with E-state index in [4.69, 9.17) is 9.15 Å². The summed E-state index contributed by atoms with van der Waals surface area (Å²) in [5, 5.41) is 0.699. The zero-order valence-electron chi connectivity index (χ0n) is 17.9. The zero-order valence-corrected chi connectivity index (χ0v) is 17.9. The van der Waals surface area contributed by atoms with Crippen LogP contribution in [0.25, 0.3) is 22.1 Å². The number of benzene rings is 3. The molecular formula is C27H22FNO4. The van der Waals surface area contributed by atoms with Gasteiger partial charge in [-0.15, -0.1) is 0 Å². The predicted octanol–water partition coefficient (Wildman–Crippen LogP) is 5.46. The number of halogens is 1. The third-order valence-corrected chi connectivity index (χ3v) is 5.89. The molecule has 0 amide bonds. The number of rotatable bonds is 6. The van der Waals surface area contributed by atoms with Crippen molar-refractivity contribution in [2.24, 2.45) is 0 Å². The van der Waals surface area contributed by atoms with Gasteiger partial charge in [-0.1, -0.05) is 12.1 Å². The second-order valence-electron chi connectivity index (χ2n) is 8.11. The van der Waals surface area contributed by atoms with Crippen molar-refractivity contribution < 1.29 is 18.3 Å². The van der Waals surface area contributed by atoms with Crippen LogP contribution in [0.3, 0.4) is 0 Å². The average Bonchev–Trinajstić information content (AvgIpc) is 3.38. The van der Waals surface area contributed by atoms with Crippen LogP contribution < -0.4 is 15.3 Å². The lowest BCUT2D eigenvalue weighted by atomic mass is 10.1. The molecule has 1 aliphatic heterocycles. The number of Topliss-reactive ketones (excluding diaryl/α,β-unsaturated/α-hetero) is 1. The van der Waals surface area contributed by atoms with E-state index in [1.807, 2.05) is 24.3 Å². The molecule has 5 nitrogen and oxygen atoms in total. The van der Waals surface area contributed by atoms with Gasteiger partial charge in [0.25, 0.3) is 0 Å². The van der Waals surface area contributed by atoms with E-state index < -0.39 is 5.63 Å². The number of anilines is 1. The molecule has 6 heteroatoms. The molecule has 0 N–H and O–H groups in total. The molecule has 1 aliphatic rings. The topological polar surface area (TPSA) is 59.8 Å². The molecule has 0 aliphatic carbocycles. The summed E-state index contributed by atoms with van der Waals surface area (Å²) in [5.41, 5.74) is 2.48. The van der Waals surface area contributed by atoms with Gasteiger partial charge in [0.1, 0.15) is 17.1 Å². The zero-order chi connectivity index (χ0) is 22.8. The normalized spacial score (nSPS) is 13.4. The highest BCUT2D eigenvalue weighted by Gasteiger charge is 2.14. The minimum absolute atomic E-state index is 0.119. The van der Waals surface area contributed by atoms with Crippen molar-refractivity contribution in [2.75, 3.05) is 24.6 Å². The second kappa shape index (κ2) is 8.90. The van der Waals surface area contributed by atoms with E-state index in [2.05, 4.69) is 4.90 Å². The van der Waals surface area contributed by atoms with E-state index in [1.54, 1.807) is 24.3 Å². The quantitative estimate of drug-likeness (QED) is 0.293. The fraction of sp³-hybridized carbons (Fsp3) is 0.185. The Hall–Kier alpha value is -3.93. The minimum Gasteiger partial charge on any atom is -0.485 e. The highest BCUT2D eigenvalue weighted by Crippen LogP contribution is 2.25. The van der Waals surface area contributed by atoms with Gasteiger partial charge in [-0.25, -0.2) is 9.18 Å². The summed E-state index contributed by atoms with van der Waals surface area (Å²) < 4.78 is 24.3. The largest absolute Gasteiger partial charge is 0.485 e. The molecule has 0 radical (unpaired) electrons. The fourth-order valence-corrected chi connectivity index (χ4v) is 4.08. The molecule has 1 saturated heterocycles. The highest BCUT2D eigenvalue weighted by atomic mass is 19.1. The van der Waals surface area contributed by atoms with Crippen LogP contribution in [0, 0.1) is 5.82 Å². The van der Waals surface area contributed by atoms with Gasteiger partial charge in [-0.3, -0.25) is 4.79 Å². The maximum atomic E-state index is 13.2. The van der Waals surface area contributed by atoms with Crippen LogP contribution in [0.2, 0.25) is 0 Å². The molecule has 0 unspecified atom stereocenters. The maximum Gasteiger partial charge on any atom is 0.344 e. The SMILES string of the molecule is O=C(COc1ccc2cc(-c3ccc(F)cc3)c(=O)oc2c1)c1ccc(N2CCCC2)cc1. The Bertz CT molecular complexity index is 1350. The van der Waals surface area contributed by atoms with Gasteiger partial charge in [0.05, 0.1) is 5.56 Å². The average molecular weight is 443 g/mol. The number of hydrogen-bond acceptors (Lipinski definition) is 5. The van der Waals surface area contributed by atoms with Crippen molar-refractivity contribution in [3.8, 4) is 16.9 Å². The number of fused-ring (bicyclic) bond motifs is 1. The molecule has 1 fully saturated rings. The summed E-state index contributed by atoms with van der Waals surface area (Å²) in [6, 6.07) is 20.0. The molecule has 3 aromatic carbocycles. The Balaban J connectivity index is 1.29. The summed E-state index contributed by atoms with van der Waals surface area (Å²) in [6.07, 6.45) is 2.40. The number of carbonyl (C=O) groups excluding carboxylic acids is 1. The smallest absolute Gasteiger partial charge is 0.344 e. The van der Waals surface area contributed by atoms with Crippen molar-refractivity contribution >= 4 is 22.4 Å². The van der Waals surface area contributed by atoms with Crippen LogP contribution in [0.1, 0.15) is 23.2 Å². The van der Waals surface area contributed by atoms with Crippen molar-refractivity contribution in [3.63, 3.8) is 0 Å². The van der Waals surface area contributed by atoms with Crippen LogP contribution in [-0.4, -0.2) is 25.5 Å². The molecule has 0 atom stereocenters. The van der Waals surface area contributed by atoms with Gasteiger partial charge in [-0.05, 0) is 73.0 Å². The summed E-state index contributed by atoms with van der Waals surface area (Å²) in [6.45, 7) is 1.99. The van der Waals surface area contributed by atoms with E-state index in [9.17, 15) is 14.0 Å². The minimum atomic E-state index is -0.527. The summed E-state index contributed by atoms with van der Waals surface area (Å²) in [5.74, 6) is -0.0683. The van der Waals surface area contributed by atoms with Crippen LogP contribution in [-0.2, 0) is 0 Å². The Morgan fingerprint density at radius 3 is 2.39 bits per heavy atom. The number of carbonyl (C=O) groups is 1. The predicted molar refractivity (Wildman–Crippen MR) is 126 cm³/mol. The molecule has 33 heavy (non-hydrogen) atoms. The third-order valence-electron chi connectivity index (χ3n) is 5.89. The molecule has 5 rings (SSSR count). The van der Waals surface area contributed by atoms with Gasteiger partial charge < -0.3 is 14.1 Å². The first-order valence-corrected chi connectivity index (χ1v) is 10.9. The van der Waals surface area contributed by atoms with Crippen LogP contribution in [0.15, 0.2) is 82.0 Å². The number of ether oxygens (including phenoxy) is 1. The molecule has 2 heterocycles. The van der Waals surface area contributed by atoms with Crippen LogP contribution in [0.4, 0.5) is 10.1 Å². The van der Waals surface area contributed by atoms with E-state index in [0.717, 1.165) is 18.8 Å². The van der Waals surface area contributed by atoms with E-state index >= 15 is 0 Å². The lowest BCUT2D eigenvalue weighted by molar-refractivity contribution is 0.0921. The molecule has 1 aromatic heterocycles. The first kappa shape index (κ1) is 20.9. The molecule has 0 spiro atoms. The van der Waals surface area contributed by atoms with Crippen molar-refractivity contribution in [3.05, 3.63) is 94.6 Å². The maximum absolute atomic E-state index is 13.2. The number of nitrogens with zero attached hydrogens (tertiary/aromatic N) is 1. The van der Waals surface area contributed by atoms with Crippen molar-refractivity contribution in [1.82, 2.24) is 0 Å². The first-order chi connectivity index (χ1) is 16.1. The molecule has 0 bridgehead atoms. The third kappa shape index (κ3) is 4.51. The molecule has 166 valence electrons. The Kier molecular flexibility index (Phi) is 5.65. The summed E-state index contributed by atoms with van der Waals surface area (Å²) in [4.78, 5) is 27.3. The molecule has 0 saturated carbocycles.